The van der Waals surface area contributed by atoms with Gasteiger partial charge in [0.05, 0.1) is 0 Å². The van der Waals surface area contributed by atoms with Gasteiger partial charge in [0, 0.05) is 12.3 Å². The molecule has 0 radical (unpaired) electrons. The summed E-state index contributed by atoms with van der Waals surface area (Å²) in [5.41, 5.74) is 2.10. The van der Waals surface area contributed by atoms with E-state index in [1.54, 1.807) is 12.1 Å². The Kier molecular flexibility index (Phi) is 4.29. The highest BCUT2D eigenvalue weighted by Gasteiger charge is 2.23. The van der Waals surface area contributed by atoms with Crippen LogP contribution < -0.4 is 10.6 Å². The lowest BCUT2D eigenvalue weighted by Gasteiger charge is -2.10. The monoisotopic (exact) mass is 298 g/mol. The Morgan fingerprint density at radius 3 is 2.64 bits per heavy atom. The first-order chi connectivity index (χ1) is 10.7. The molecule has 1 fully saturated rings. The van der Waals surface area contributed by atoms with Gasteiger partial charge in [-0.05, 0) is 43.5 Å². The summed E-state index contributed by atoms with van der Waals surface area (Å²) >= 11 is 0. The Hall–Kier alpha value is -2.47. The smallest absolute Gasteiger partial charge is 0.254 e. The summed E-state index contributed by atoms with van der Waals surface area (Å²) in [5, 5.41) is 14.0. The summed E-state index contributed by atoms with van der Waals surface area (Å²) in [4.78, 5) is 11.9. The number of nitrogens with zero attached hydrogens (tertiary/aromatic N) is 2. The van der Waals surface area contributed by atoms with Crippen LogP contribution in [0.5, 0.6) is 0 Å². The maximum absolute atomic E-state index is 11.9. The van der Waals surface area contributed by atoms with E-state index in [0.717, 1.165) is 24.1 Å². The molecule has 2 aromatic rings. The largest absolute Gasteiger partial charge is 0.368 e. The van der Waals surface area contributed by atoms with Crippen LogP contribution in [0.1, 0.15) is 18.4 Å². The normalized spacial score (nSPS) is 17.2. The molecule has 2 N–H and O–H groups in total. The van der Waals surface area contributed by atoms with Gasteiger partial charge in [-0.15, -0.1) is 10.2 Å². The molecule has 22 heavy (non-hydrogen) atoms. The van der Waals surface area contributed by atoms with Crippen LogP contribution in [-0.2, 0) is 9.53 Å². The van der Waals surface area contributed by atoms with Crippen LogP contribution in [0, 0.1) is 6.92 Å². The molecule has 0 bridgehead atoms. The van der Waals surface area contributed by atoms with Gasteiger partial charge in [0.2, 0.25) is 0 Å². The first-order valence-electron chi connectivity index (χ1n) is 7.31. The fraction of sp³-hybridized carbons (Fsp3) is 0.312. The number of hydrogen-bond donors (Lipinski definition) is 2. The lowest BCUT2D eigenvalue weighted by molar-refractivity contribution is -0.124. The van der Waals surface area contributed by atoms with E-state index in [9.17, 15) is 4.79 Å². The number of aryl methyl sites for hydroxylation is 1. The van der Waals surface area contributed by atoms with Crippen LogP contribution in [0.3, 0.4) is 0 Å². The van der Waals surface area contributed by atoms with E-state index in [1.165, 1.54) is 0 Å². The molecule has 1 aromatic carbocycles. The Morgan fingerprint density at radius 1 is 1.18 bits per heavy atom. The standard InChI is InChI=1S/C16H18N4O2/c1-11-5-2-3-6-12(11)17-14-8-9-15(20-19-14)18-16(21)13-7-4-10-22-13/h2-3,5-6,8-9,13H,4,7,10H2,1H3,(H,17,19)(H,18,20,21). The van der Waals surface area contributed by atoms with E-state index < -0.39 is 0 Å². The molecule has 1 atom stereocenters. The van der Waals surface area contributed by atoms with Crippen molar-refractivity contribution >= 4 is 23.2 Å². The van der Waals surface area contributed by atoms with Gasteiger partial charge in [-0.25, -0.2) is 0 Å². The molecule has 1 saturated heterocycles. The second-order valence-corrected chi connectivity index (χ2v) is 5.23. The SMILES string of the molecule is Cc1ccccc1Nc1ccc(NC(=O)C2CCCO2)nn1. The van der Waals surface area contributed by atoms with Crippen LogP contribution in [0.2, 0.25) is 0 Å². The van der Waals surface area contributed by atoms with E-state index in [1.807, 2.05) is 31.2 Å². The van der Waals surface area contributed by atoms with Crippen LogP contribution in [-0.4, -0.2) is 28.8 Å². The van der Waals surface area contributed by atoms with Crippen molar-refractivity contribution in [3.63, 3.8) is 0 Å². The van der Waals surface area contributed by atoms with Crippen molar-refractivity contribution in [1.82, 2.24) is 10.2 Å². The highest BCUT2D eigenvalue weighted by molar-refractivity contribution is 5.93. The van der Waals surface area contributed by atoms with Gasteiger partial charge in [0.1, 0.15) is 6.10 Å². The topological polar surface area (TPSA) is 76.1 Å². The van der Waals surface area contributed by atoms with Crippen molar-refractivity contribution in [2.45, 2.75) is 25.9 Å². The highest BCUT2D eigenvalue weighted by atomic mass is 16.5. The van der Waals surface area contributed by atoms with E-state index in [2.05, 4.69) is 20.8 Å². The third-order valence-corrected chi connectivity index (χ3v) is 3.55. The molecular formula is C16H18N4O2. The molecule has 0 aliphatic carbocycles. The van der Waals surface area contributed by atoms with Crippen LogP contribution in [0.25, 0.3) is 0 Å². The molecule has 1 aliphatic heterocycles. The summed E-state index contributed by atoms with van der Waals surface area (Å²) in [5.74, 6) is 0.895. The van der Waals surface area contributed by atoms with Crippen molar-refractivity contribution in [1.29, 1.82) is 0 Å². The second kappa shape index (κ2) is 6.53. The molecule has 0 spiro atoms. The maximum atomic E-state index is 11.9. The van der Waals surface area contributed by atoms with E-state index in [-0.39, 0.29) is 12.0 Å². The summed E-state index contributed by atoms with van der Waals surface area (Å²) < 4.78 is 5.33. The fourth-order valence-corrected chi connectivity index (χ4v) is 2.31. The molecule has 6 heteroatoms. The average molecular weight is 298 g/mol. The number of ether oxygens (including phenoxy) is 1. The first-order valence-corrected chi connectivity index (χ1v) is 7.31. The molecule has 1 unspecified atom stereocenters. The molecule has 6 nitrogen and oxygen atoms in total. The number of carbonyl (C=O) groups excluding carboxylic acids is 1. The molecule has 0 saturated carbocycles. The van der Waals surface area contributed by atoms with Gasteiger partial charge in [-0.2, -0.15) is 0 Å². The number of para-hydroxylation sites is 1. The Morgan fingerprint density at radius 2 is 1.95 bits per heavy atom. The van der Waals surface area contributed by atoms with Crippen LogP contribution in [0.15, 0.2) is 36.4 Å². The molecule has 1 aromatic heterocycles. The average Bonchev–Trinajstić information content (AvgIpc) is 3.06. The van der Waals surface area contributed by atoms with Crippen molar-refractivity contribution in [2.24, 2.45) is 0 Å². The minimum atomic E-state index is -0.369. The van der Waals surface area contributed by atoms with Gasteiger partial charge in [-0.3, -0.25) is 4.79 Å². The predicted molar refractivity (Wildman–Crippen MR) is 84.1 cm³/mol. The third-order valence-electron chi connectivity index (χ3n) is 3.55. The minimum Gasteiger partial charge on any atom is -0.368 e. The van der Waals surface area contributed by atoms with E-state index in [0.29, 0.717) is 18.2 Å². The molecule has 1 aliphatic rings. The number of nitrogens with one attached hydrogen (secondary N) is 2. The van der Waals surface area contributed by atoms with Crippen molar-refractivity contribution < 1.29 is 9.53 Å². The van der Waals surface area contributed by atoms with Gasteiger partial charge < -0.3 is 15.4 Å². The molecule has 3 rings (SSSR count). The summed E-state index contributed by atoms with van der Waals surface area (Å²) in [6, 6.07) is 11.4. The Balaban J connectivity index is 1.63. The number of rotatable bonds is 4. The summed E-state index contributed by atoms with van der Waals surface area (Å²) in [6.45, 7) is 2.66. The molecule has 114 valence electrons. The number of amides is 1. The van der Waals surface area contributed by atoms with Crippen molar-refractivity contribution in [3.8, 4) is 0 Å². The predicted octanol–water partition coefficient (Wildman–Crippen LogP) is 2.65. The summed E-state index contributed by atoms with van der Waals surface area (Å²) in [6.07, 6.45) is 1.31. The summed E-state index contributed by atoms with van der Waals surface area (Å²) in [7, 11) is 0. The highest BCUT2D eigenvalue weighted by Crippen LogP contribution is 2.19. The van der Waals surface area contributed by atoms with Gasteiger partial charge in [-0.1, -0.05) is 18.2 Å². The zero-order valence-corrected chi connectivity index (χ0v) is 12.4. The number of anilines is 3. The Bertz CT molecular complexity index is 651. The number of aromatic nitrogens is 2. The van der Waals surface area contributed by atoms with Gasteiger partial charge in [0.25, 0.3) is 5.91 Å². The first kappa shape index (κ1) is 14.5. The maximum Gasteiger partial charge on any atom is 0.254 e. The Labute approximate surface area is 128 Å². The van der Waals surface area contributed by atoms with E-state index in [4.69, 9.17) is 4.74 Å². The van der Waals surface area contributed by atoms with Crippen LogP contribution >= 0.6 is 0 Å². The minimum absolute atomic E-state index is 0.161. The van der Waals surface area contributed by atoms with Crippen LogP contribution in [0.4, 0.5) is 17.3 Å². The third kappa shape index (κ3) is 3.40. The van der Waals surface area contributed by atoms with Gasteiger partial charge >= 0.3 is 0 Å². The van der Waals surface area contributed by atoms with Gasteiger partial charge in [0.15, 0.2) is 11.6 Å². The fourth-order valence-electron chi connectivity index (χ4n) is 2.31. The van der Waals surface area contributed by atoms with E-state index >= 15 is 0 Å². The zero-order valence-electron chi connectivity index (χ0n) is 12.4. The zero-order chi connectivity index (χ0) is 15.4. The molecule has 1 amide bonds. The van der Waals surface area contributed by atoms with Crippen molar-refractivity contribution in [2.75, 3.05) is 17.2 Å². The molecule has 2 heterocycles. The van der Waals surface area contributed by atoms with Crippen molar-refractivity contribution in [3.05, 3.63) is 42.0 Å². The lowest BCUT2D eigenvalue weighted by Crippen LogP contribution is -2.27. The lowest BCUT2D eigenvalue weighted by atomic mass is 10.2. The second-order valence-electron chi connectivity index (χ2n) is 5.23. The number of carbonyl (C=O) groups is 1. The number of hydrogen-bond acceptors (Lipinski definition) is 5. The molecular weight excluding hydrogens is 280 g/mol. The number of benzene rings is 1. The quantitative estimate of drug-likeness (QED) is 0.907.